The molecule has 0 saturated carbocycles. The van der Waals surface area contributed by atoms with E-state index in [4.69, 9.17) is 4.84 Å². The second-order valence-corrected chi connectivity index (χ2v) is 4.21. The molecular weight excluding hydrogens is 180 g/mol. The van der Waals surface area contributed by atoms with Gasteiger partial charge in [0.25, 0.3) is 0 Å². The zero-order chi connectivity index (χ0) is 10.4. The quantitative estimate of drug-likeness (QED) is 0.656. The highest BCUT2D eigenvalue weighted by molar-refractivity contribution is 5.77. The van der Waals surface area contributed by atoms with Crippen molar-refractivity contribution in [3.63, 3.8) is 0 Å². The average Bonchev–Trinajstić information content (AvgIpc) is 2.18. The first-order valence-corrected chi connectivity index (χ1v) is 5.32. The molecule has 0 bridgehead atoms. The summed E-state index contributed by atoms with van der Waals surface area (Å²) in [5.74, 6) is 0.536. The summed E-state index contributed by atoms with van der Waals surface area (Å²) in [6.07, 6.45) is 2.03. The van der Waals surface area contributed by atoms with Gasteiger partial charge in [0.05, 0.1) is 12.5 Å². The molecule has 14 heavy (non-hydrogen) atoms. The lowest BCUT2D eigenvalue weighted by Crippen LogP contribution is -2.40. The molecule has 1 atom stereocenters. The standard InChI is InChI=1S/C10H20N2O2/c1-8(2)7-14-12-10(13)9-4-3-5-11-6-9/h8-9,11H,3-7H2,1-2H3,(H,12,13)/t9-/m0/s1. The van der Waals surface area contributed by atoms with Crippen LogP contribution in [0.2, 0.25) is 0 Å². The maximum absolute atomic E-state index is 11.5. The number of carbonyl (C=O) groups excluding carboxylic acids is 1. The number of nitrogens with one attached hydrogen (secondary N) is 2. The van der Waals surface area contributed by atoms with E-state index in [1.54, 1.807) is 0 Å². The van der Waals surface area contributed by atoms with E-state index in [1.165, 1.54) is 0 Å². The molecule has 0 aromatic rings. The number of hydrogen-bond donors (Lipinski definition) is 2. The van der Waals surface area contributed by atoms with Crippen molar-refractivity contribution in [2.75, 3.05) is 19.7 Å². The van der Waals surface area contributed by atoms with Gasteiger partial charge in [0.1, 0.15) is 0 Å². The monoisotopic (exact) mass is 200 g/mol. The molecule has 4 heteroatoms. The Morgan fingerprint density at radius 3 is 3.00 bits per heavy atom. The Kier molecular flexibility index (Phi) is 4.90. The van der Waals surface area contributed by atoms with Gasteiger partial charge in [-0.15, -0.1) is 0 Å². The van der Waals surface area contributed by atoms with Crippen LogP contribution in [0.1, 0.15) is 26.7 Å². The van der Waals surface area contributed by atoms with Crippen LogP contribution in [0.25, 0.3) is 0 Å². The normalized spacial score (nSPS) is 22.4. The Bertz CT molecular complexity index is 177. The second-order valence-electron chi connectivity index (χ2n) is 4.21. The first kappa shape index (κ1) is 11.5. The second kappa shape index (κ2) is 5.98. The molecule has 1 rings (SSSR count). The third-order valence-electron chi connectivity index (χ3n) is 2.26. The predicted octanol–water partition coefficient (Wildman–Crippen LogP) is 0.690. The lowest BCUT2D eigenvalue weighted by Gasteiger charge is -2.21. The van der Waals surface area contributed by atoms with Crippen molar-refractivity contribution in [3.8, 4) is 0 Å². The molecule has 0 spiro atoms. The third kappa shape index (κ3) is 4.07. The van der Waals surface area contributed by atoms with Gasteiger partial charge in [0.2, 0.25) is 5.91 Å². The van der Waals surface area contributed by atoms with Crippen LogP contribution in [-0.2, 0) is 9.63 Å². The highest BCUT2D eigenvalue weighted by Gasteiger charge is 2.20. The van der Waals surface area contributed by atoms with Crippen LogP contribution in [0.4, 0.5) is 0 Å². The lowest BCUT2D eigenvalue weighted by molar-refractivity contribution is -0.139. The minimum Gasteiger partial charge on any atom is -0.316 e. The van der Waals surface area contributed by atoms with Gasteiger partial charge in [-0.3, -0.25) is 9.63 Å². The molecule has 0 radical (unpaired) electrons. The zero-order valence-corrected chi connectivity index (χ0v) is 9.01. The average molecular weight is 200 g/mol. The van der Waals surface area contributed by atoms with Gasteiger partial charge >= 0.3 is 0 Å². The SMILES string of the molecule is CC(C)CONC(=O)[C@H]1CCCNC1. The third-order valence-corrected chi connectivity index (χ3v) is 2.26. The van der Waals surface area contributed by atoms with Gasteiger partial charge in [-0.05, 0) is 25.3 Å². The fraction of sp³-hybridized carbons (Fsp3) is 0.900. The minimum absolute atomic E-state index is 0.0119. The van der Waals surface area contributed by atoms with Gasteiger partial charge in [-0.2, -0.15) is 0 Å². The molecule has 1 aliphatic heterocycles. The van der Waals surface area contributed by atoms with Gasteiger partial charge < -0.3 is 5.32 Å². The largest absolute Gasteiger partial charge is 0.316 e. The Labute approximate surface area is 85.3 Å². The van der Waals surface area contributed by atoms with Gasteiger partial charge in [0.15, 0.2) is 0 Å². The Balaban J connectivity index is 2.13. The molecule has 1 heterocycles. The fourth-order valence-corrected chi connectivity index (χ4v) is 1.44. The lowest BCUT2D eigenvalue weighted by atomic mass is 9.99. The number of rotatable bonds is 4. The van der Waals surface area contributed by atoms with Crippen molar-refractivity contribution in [3.05, 3.63) is 0 Å². The van der Waals surface area contributed by atoms with E-state index in [2.05, 4.69) is 10.8 Å². The van der Waals surface area contributed by atoms with Crippen molar-refractivity contribution in [2.24, 2.45) is 11.8 Å². The Morgan fingerprint density at radius 1 is 1.64 bits per heavy atom. The van der Waals surface area contributed by atoms with E-state index >= 15 is 0 Å². The molecule has 4 nitrogen and oxygen atoms in total. The summed E-state index contributed by atoms with van der Waals surface area (Å²) < 4.78 is 0. The Hall–Kier alpha value is -0.610. The van der Waals surface area contributed by atoms with Crippen LogP contribution in [-0.4, -0.2) is 25.6 Å². The van der Waals surface area contributed by atoms with Gasteiger partial charge in [0, 0.05) is 6.54 Å². The molecule has 0 unspecified atom stereocenters. The van der Waals surface area contributed by atoms with Gasteiger partial charge in [-0.25, -0.2) is 5.48 Å². The first-order valence-electron chi connectivity index (χ1n) is 5.32. The van der Waals surface area contributed by atoms with Crippen LogP contribution in [0.15, 0.2) is 0 Å². The van der Waals surface area contributed by atoms with Crippen LogP contribution in [0.5, 0.6) is 0 Å². The maximum Gasteiger partial charge on any atom is 0.247 e. The van der Waals surface area contributed by atoms with E-state index in [-0.39, 0.29) is 11.8 Å². The molecule has 82 valence electrons. The van der Waals surface area contributed by atoms with Crippen LogP contribution in [0.3, 0.4) is 0 Å². The van der Waals surface area contributed by atoms with Crippen molar-refractivity contribution in [1.82, 2.24) is 10.8 Å². The summed E-state index contributed by atoms with van der Waals surface area (Å²) in [7, 11) is 0. The summed E-state index contributed by atoms with van der Waals surface area (Å²) in [5.41, 5.74) is 2.50. The predicted molar refractivity (Wildman–Crippen MR) is 54.5 cm³/mol. The van der Waals surface area contributed by atoms with E-state index in [9.17, 15) is 4.79 Å². The topological polar surface area (TPSA) is 50.4 Å². The number of carbonyl (C=O) groups is 1. The molecule has 1 saturated heterocycles. The Morgan fingerprint density at radius 2 is 2.43 bits per heavy atom. The maximum atomic E-state index is 11.5. The molecule has 1 fully saturated rings. The fourth-order valence-electron chi connectivity index (χ4n) is 1.44. The molecule has 2 N–H and O–H groups in total. The van der Waals surface area contributed by atoms with Crippen molar-refractivity contribution in [2.45, 2.75) is 26.7 Å². The summed E-state index contributed by atoms with van der Waals surface area (Å²) in [6, 6.07) is 0. The molecular formula is C10H20N2O2. The smallest absolute Gasteiger partial charge is 0.247 e. The van der Waals surface area contributed by atoms with Crippen LogP contribution >= 0.6 is 0 Å². The van der Waals surface area contributed by atoms with Crippen LogP contribution < -0.4 is 10.8 Å². The number of amides is 1. The highest BCUT2D eigenvalue weighted by Crippen LogP contribution is 2.09. The molecule has 1 amide bonds. The first-order chi connectivity index (χ1) is 6.70. The molecule has 0 aliphatic carbocycles. The number of piperidine rings is 1. The molecule has 0 aromatic carbocycles. The van der Waals surface area contributed by atoms with Crippen molar-refractivity contribution < 1.29 is 9.63 Å². The van der Waals surface area contributed by atoms with E-state index in [0.717, 1.165) is 25.9 Å². The summed E-state index contributed by atoms with van der Waals surface area (Å²) >= 11 is 0. The molecule has 1 aliphatic rings. The van der Waals surface area contributed by atoms with E-state index in [0.29, 0.717) is 12.5 Å². The van der Waals surface area contributed by atoms with Crippen molar-refractivity contribution in [1.29, 1.82) is 0 Å². The summed E-state index contributed by atoms with van der Waals surface area (Å²) in [6.45, 7) is 6.47. The zero-order valence-electron chi connectivity index (χ0n) is 9.01. The summed E-state index contributed by atoms with van der Waals surface area (Å²) in [5, 5.41) is 3.20. The highest BCUT2D eigenvalue weighted by atomic mass is 16.6. The van der Waals surface area contributed by atoms with E-state index < -0.39 is 0 Å². The number of hydroxylamine groups is 1. The minimum atomic E-state index is 0.0119. The van der Waals surface area contributed by atoms with Crippen molar-refractivity contribution >= 4 is 5.91 Å². The van der Waals surface area contributed by atoms with E-state index in [1.807, 2.05) is 13.8 Å². The van der Waals surface area contributed by atoms with Gasteiger partial charge in [-0.1, -0.05) is 13.8 Å². The molecule has 0 aromatic heterocycles. The van der Waals surface area contributed by atoms with Crippen LogP contribution in [0, 0.1) is 11.8 Å². The number of hydrogen-bond acceptors (Lipinski definition) is 3. The summed E-state index contributed by atoms with van der Waals surface area (Å²) in [4.78, 5) is 16.6.